The Morgan fingerprint density at radius 1 is 0.369 bits per heavy atom. The van der Waals surface area contributed by atoms with E-state index in [9.17, 15) is 141 Å². The Bertz CT molecular complexity index is 3760. The summed E-state index contributed by atoms with van der Waals surface area (Å²) in [5.41, 5.74) is 0. The second-order valence-electron chi connectivity index (χ2n) is 41.3. The first-order chi connectivity index (χ1) is 71.2. The van der Waals surface area contributed by atoms with E-state index in [-0.39, 0.29) is 6.42 Å². The minimum absolute atomic E-state index is 0.0855. The van der Waals surface area contributed by atoms with Crippen LogP contribution in [0.5, 0.6) is 0 Å². The number of allylic oxidation sites excluding steroid dienone is 1. The summed E-state index contributed by atoms with van der Waals surface area (Å²) in [5, 5.41) is 274. The van der Waals surface area contributed by atoms with Gasteiger partial charge < -0.3 is 215 Å². The van der Waals surface area contributed by atoms with Crippen LogP contribution in [0.15, 0.2) is 12.2 Å². The first kappa shape index (κ1) is 130. The molecule has 43 atom stereocenters. The van der Waals surface area contributed by atoms with Gasteiger partial charge >= 0.3 is 5.97 Å². The Balaban J connectivity index is 1.07. The highest BCUT2D eigenvalue weighted by atomic mass is 16.8. The molecular formula is C101H180N4O44. The van der Waals surface area contributed by atoms with Crippen LogP contribution in [0, 0.1) is 0 Å². The summed E-state index contributed by atoms with van der Waals surface area (Å²) in [4.78, 5) is 67.3. The van der Waals surface area contributed by atoms with Gasteiger partial charge in [0.15, 0.2) is 44.0 Å². The standard InChI is InChI=1S/C101H180N4O44/c1-8-10-12-14-16-18-20-22-23-24-25-26-27-28-29-30-31-33-35-37-39-41-43-45-68(117)105-59(60(114)44-42-40-38-36-34-32-21-19-17-15-13-11-9-2)52-134-95-83(129)80(126)86(65(50-109)141-95)143-98-84(130)91(77(123)67(142-98)53-135-93-70(103-57(6)112)88(75(121)63(48-107)138-93)145-97-82(128)79(125)73(119)55(4)137-97)147-94-71(104-58(7)113)90(87(66(51-110)140-94)144-96-81(127)78(124)72(118)54(3)136-96)146-99-85(131)92(76(122)64(49-108)139-99)149-101(100(132)133)46-61(115)69(102-56(5)111)89(148-101)74(120)62(116)47-106/h42,44,54-55,59-67,69-99,106-110,114-116,118-131H,8-41,43,45-53H2,1-7H3,(H,102,111)(H,103,112)(H,104,113)(H,105,117)(H,132,133)/b44-42+/t54?,55?,59-,60+,61?,62+,63?,64?,65?,66?,67?,69+,70?,71?,72+,73+,74+,75+,76-,77-,78?,79?,80+,81-,82-,83?,84?,85?,86+,87+,88+,89?,90+,91-,92-,93+,94-,95+,96+,97+,98-,99-,101-/m0/s1. The monoisotopic (exact) mass is 2150 g/mol. The SMILES string of the molecule is CCCCCCCCCCCCC/C=C/[C@@H](O)[C@H](CO[C@@H]1OC(CO)[C@@H](O[C@@H]2OC(CO[C@@H]3OC(CO)[C@@H](O)[C@H](O[C@H]4OC(C)[C@@H](O)C(O)[C@@H]4O)C3NC(C)=O)[C@H](O)[C@H](O[C@@H]3OC(CO)[C@@H](O[C@H]4OC(C)[C@@H](O)C(O)[C@@H]4O)[C@H](O[C@@H]4OC(CO)[C@H](O)[C@H](O[C@]5(C(=O)O)CC(O)[C@@H](NC(C)=O)C([C@H](O)[C@H](O)CO)O5)C4O)C3NC(C)=O)C2O)[C@H](O)C1O)NC(=O)CCCCCCCCCCCCCCCCCCCCCCCCC. The molecule has 868 valence electrons. The highest BCUT2D eigenvalue weighted by Gasteiger charge is 2.64. The van der Waals surface area contributed by atoms with Crippen molar-refractivity contribution in [1.29, 1.82) is 0 Å². The van der Waals surface area contributed by atoms with E-state index in [2.05, 4.69) is 35.1 Å². The molecule has 0 radical (unpaired) electrons. The van der Waals surface area contributed by atoms with Gasteiger partial charge in [-0.15, -0.1) is 0 Å². The number of hydrogen-bond acceptors (Lipinski definition) is 43. The molecule has 48 heteroatoms. The number of carbonyl (C=O) groups excluding carboxylic acids is 4. The maximum absolute atomic E-state index is 14.0. The van der Waals surface area contributed by atoms with Crippen molar-refractivity contribution >= 4 is 29.6 Å². The van der Waals surface area contributed by atoms with E-state index in [1.54, 1.807) is 6.08 Å². The predicted octanol–water partition coefficient (Wildman–Crippen LogP) is -2.25. The molecule has 16 unspecified atom stereocenters. The summed E-state index contributed by atoms with van der Waals surface area (Å²) in [5.74, 6) is -8.84. The first-order valence-corrected chi connectivity index (χ1v) is 54.3. The molecule has 27 N–H and O–H groups in total. The number of ether oxygens (including phenoxy) is 16. The molecule has 0 bridgehead atoms. The van der Waals surface area contributed by atoms with Crippen LogP contribution in [0.4, 0.5) is 0 Å². The smallest absolute Gasteiger partial charge is 0.364 e. The Morgan fingerprint density at radius 3 is 1.20 bits per heavy atom. The fraction of sp³-hybridized carbons (Fsp3) is 0.931. The number of carboxylic acids is 1. The third-order valence-corrected chi connectivity index (χ3v) is 29.2. The summed E-state index contributed by atoms with van der Waals surface area (Å²) in [6, 6.07) is -6.98. The van der Waals surface area contributed by atoms with E-state index < -0.39 is 345 Å². The topological polar surface area (TPSA) is 746 Å². The molecule has 48 nitrogen and oxygen atoms in total. The van der Waals surface area contributed by atoms with Crippen molar-refractivity contribution in [2.75, 3.05) is 46.2 Å². The fourth-order valence-electron chi connectivity index (χ4n) is 20.4. The van der Waals surface area contributed by atoms with Crippen molar-refractivity contribution < 1.29 is 217 Å². The van der Waals surface area contributed by atoms with Crippen molar-refractivity contribution in [2.24, 2.45) is 0 Å². The molecule has 8 aliphatic rings. The van der Waals surface area contributed by atoms with Crippen LogP contribution in [-0.4, -0.2) is 457 Å². The number of aliphatic hydroxyl groups is 22. The molecule has 8 saturated heterocycles. The summed E-state index contributed by atoms with van der Waals surface area (Å²) < 4.78 is 98.2. The molecule has 8 rings (SSSR count). The van der Waals surface area contributed by atoms with Gasteiger partial charge in [-0.25, -0.2) is 4.79 Å². The second-order valence-corrected chi connectivity index (χ2v) is 41.3. The molecule has 0 aromatic carbocycles. The quantitative estimate of drug-likeness (QED) is 0.0226. The minimum Gasteiger partial charge on any atom is -0.477 e. The molecule has 0 aromatic rings. The van der Waals surface area contributed by atoms with Crippen LogP contribution < -0.4 is 21.3 Å². The van der Waals surface area contributed by atoms with Gasteiger partial charge in [-0.1, -0.05) is 231 Å². The maximum Gasteiger partial charge on any atom is 0.364 e. The van der Waals surface area contributed by atoms with Crippen molar-refractivity contribution in [3.63, 3.8) is 0 Å². The van der Waals surface area contributed by atoms with E-state index in [1.807, 2.05) is 0 Å². The van der Waals surface area contributed by atoms with Gasteiger partial charge in [-0.2, -0.15) is 0 Å². The van der Waals surface area contributed by atoms with E-state index in [4.69, 9.17) is 75.8 Å². The van der Waals surface area contributed by atoms with Crippen molar-refractivity contribution in [1.82, 2.24) is 21.3 Å². The van der Waals surface area contributed by atoms with Crippen molar-refractivity contribution in [3.05, 3.63) is 12.2 Å². The lowest BCUT2D eigenvalue weighted by Gasteiger charge is -2.52. The summed E-state index contributed by atoms with van der Waals surface area (Å²) in [6.45, 7) is 2.16. The fourth-order valence-corrected chi connectivity index (χ4v) is 20.4. The number of carboxylic acid groups (broad SMARTS) is 1. The van der Waals surface area contributed by atoms with Gasteiger partial charge in [0.05, 0.1) is 82.7 Å². The molecule has 0 aromatic heterocycles. The molecule has 8 heterocycles. The molecular weight excluding hydrogens is 1970 g/mol. The number of nitrogens with one attached hydrogen (secondary N) is 4. The zero-order valence-electron chi connectivity index (χ0n) is 87.4. The van der Waals surface area contributed by atoms with Crippen LogP contribution in [0.3, 0.4) is 0 Å². The van der Waals surface area contributed by atoms with Gasteiger partial charge in [0.2, 0.25) is 23.6 Å². The Morgan fingerprint density at radius 2 is 0.738 bits per heavy atom. The molecule has 8 aliphatic heterocycles. The van der Waals surface area contributed by atoms with E-state index >= 15 is 0 Å². The normalized spacial score (nSPS) is 37.5. The Kier molecular flexibility index (Phi) is 58.4. The average Bonchev–Trinajstić information content (AvgIpc) is 0.751. The summed E-state index contributed by atoms with van der Waals surface area (Å²) >= 11 is 0. The molecule has 0 aliphatic carbocycles. The molecule has 4 amide bonds. The molecule has 0 spiro atoms. The van der Waals surface area contributed by atoms with E-state index in [0.29, 0.717) is 12.8 Å². The van der Waals surface area contributed by atoms with Crippen molar-refractivity contribution in [3.8, 4) is 0 Å². The van der Waals surface area contributed by atoms with Gasteiger partial charge in [0, 0.05) is 33.6 Å². The highest BCUT2D eigenvalue weighted by Crippen LogP contribution is 2.43. The lowest BCUT2D eigenvalue weighted by Crippen LogP contribution is -2.72. The van der Waals surface area contributed by atoms with Crippen LogP contribution >= 0.6 is 0 Å². The molecule has 0 saturated carbocycles. The summed E-state index contributed by atoms with van der Waals surface area (Å²) in [7, 11) is 0. The zero-order chi connectivity index (χ0) is 109. The van der Waals surface area contributed by atoms with Crippen LogP contribution in [0.2, 0.25) is 0 Å². The zero-order valence-corrected chi connectivity index (χ0v) is 87.4. The number of aliphatic hydroxyl groups excluding tert-OH is 22. The third kappa shape index (κ3) is 38.7. The number of carbonyl (C=O) groups is 5. The Labute approximate surface area is 872 Å². The van der Waals surface area contributed by atoms with Crippen molar-refractivity contribution in [2.45, 2.75) is 549 Å². The number of aliphatic carboxylic acids is 1. The number of hydrogen-bond donors (Lipinski definition) is 27. The number of amides is 4. The lowest BCUT2D eigenvalue weighted by molar-refractivity contribution is -0.400. The highest BCUT2D eigenvalue weighted by molar-refractivity contribution is 5.77. The van der Waals surface area contributed by atoms with Gasteiger partial charge in [0.25, 0.3) is 5.79 Å². The van der Waals surface area contributed by atoms with Crippen LogP contribution in [-0.2, 0) is 99.8 Å². The van der Waals surface area contributed by atoms with E-state index in [0.717, 1.165) is 85.0 Å². The van der Waals surface area contributed by atoms with Gasteiger partial charge in [0.1, 0.15) is 177 Å². The minimum atomic E-state index is -3.39. The third-order valence-electron chi connectivity index (χ3n) is 29.2. The predicted molar refractivity (Wildman–Crippen MR) is 522 cm³/mol. The second kappa shape index (κ2) is 67.1. The first-order valence-electron chi connectivity index (χ1n) is 54.3. The molecule has 8 fully saturated rings. The Hall–Kier alpha value is -4.43. The average molecular weight is 2150 g/mol. The largest absolute Gasteiger partial charge is 0.477 e. The van der Waals surface area contributed by atoms with Gasteiger partial charge in [-0.3, -0.25) is 19.2 Å². The lowest BCUT2D eigenvalue weighted by atomic mass is 9.88. The summed E-state index contributed by atoms with van der Waals surface area (Å²) in [6.07, 6.45) is -37.2. The number of unbranched alkanes of at least 4 members (excludes halogenated alkanes) is 33. The number of rotatable bonds is 68. The van der Waals surface area contributed by atoms with Crippen LogP contribution in [0.1, 0.15) is 286 Å². The van der Waals surface area contributed by atoms with E-state index in [1.165, 1.54) is 168 Å². The maximum atomic E-state index is 14.0. The van der Waals surface area contributed by atoms with Crippen LogP contribution in [0.25, 0.3) is 0 Å². The molecule has 149 heavy (non-hydrogen) atoms. The van der Waals surface area contributed by atoms with Gasteiger partial charge in [-0.05, 0) is 33.1 Å².